The summed E-state index contributed by atoms with van der Waals surface area (Å²) in [5.41, 5.74) is 2.32. The van der Waals surface area contributed by atoms with Crippen molar-refractivity contribution in [2.75, 3.05) is 19.8 Å². The first-order valence-electron chi connectivity index (χ1n) is 7.09. The van der Waals surface area contributed by atoms with E-state index < -0.39 is 0 Å². The van der Waals surface area contributed by atoms with Crippen LogP contribution in [0.1, 0.15) is 26.0 Å². The molecular formula is C15H23N3O. The number of nitrogens with zero attached hydrogens (tertiary/aromatic N) is 2. The Morgan fingerprint density at radius 3 is 2.89 bits per heavy atom. The third-order valence-corrected chi connectivity index (χ3v) is 3.11. The molecule has 4 nitrogen and oxygen atoms in total. The van der Waals surface area contributed by atoms with Gasteiger partial charge in [-0.3, -0.25) is 4.68 Å². The summed E-state index contributed by atoms with van der Waals surface area (Å²) in [5, 5.41) is 9.36. The summed E-state index contributed by atoms with van der Waals surface area (Å²) in [5.74, 6) is 0. The lowest BCUT2D eigenvalue weighted by atomic mass is 10.2. The summed E-state index contributed by atoms with van der Waals surface area (Å²) in [6.07, 6.45) is 1.14. The quantitative estimate of drug-likeness (QED) is 0.742. The van der Waals surface area contributed by atoms with Gasteiger partial charge in [0.05, 0.1) is 24.4 Å². The Labute approximate surface area is 114 Å². The van der Waals surface area contributed by atoms with Gasteiger partial charge in [-0.2, -0.15) is 5.10 Å². The zero-order valence-corrected chi connectivity index (χ0v) is 11.9. The molecule has 0 aliphatic carbocycles. The maximum absolute atomic E-state index is 5.42. The van der Waals surface area contributed by atoms with Crippen LogP contribution in [0, 0.1) is 0 Å². The summed E-state index contributed by atoms with van der Waals surface area (Å²) in [6, 6.07) is 8.39. The summed E-state index contributed by atoms with van der Waals surface area (Å²) in [4.78, 5) is 0. The standard InChI is InChI=1S/C15H23N3O/c1-3-9-16-12-14-13-7-5-6-8-15(13)18(17-14)10-11-19-4-2/h5-8,16H,3-4,9-12H2,1-2H3. The first-order chi connectivity index (χ1) is 9.36. The van der Waals surface area contributed by atoms with Crippen LogP contribution in [0.4, 0.5) is 0 Å². The molecule has 1 aromatic carbocycles. The molecule has 19 heavy (non-hydrogen) atoms. The molecular weight excluding hydrogens is 238 g/mol. The van der Waals surface area contributed by atoms with Crippen molar-refractivity contribution in [1.82, 2.24) is 15.1 Å². The normalized spacial score (nSPS) is 11.3. The highest BCUT2D eigenvalue weighted by molar-refractivity contribution is 5.81. The van der Waals surface area contributed by atoms with Gasteiger partial charge in [0.1, 0.15) is 0 Å². The number of hydrogen-bond acceptors (Lipinski definition) is 3. The van der Waals surface area contributed by atoms with Gasteiger partial charge in [0.15, 0.2) is 0 Å². The molecule has 0 aliphatic heterocycles. The van der Waals surface area contributed by atoms with Crippen molar-refractivity contribution in [3.63, 3.8) is 0 Å². The maximum Gasteiger partial charge on any atom is 0.0841 e. The number of rotatable bonds is 8. The van der Waals surface area contributed by atoms with Crippen LogP contribution in [0.5, 0.6) is 0 Å². The smallest absolute Gasteiger partial charge is 0.0841 e. The van der Waals surface area contributed by atoms with E-state index in [1.54, 1.807) is 0 Å². The minimum atomic E-state index is 0.712. The van der Waals surface area contributed by atoms with Crippen molar-refractivity contribution in [3.05, 3.63) is 30.0 Å². The largest absolute Gasteiger partial charge is 0.380 e. The Morgan fingerprint density at radius 1 is 1.26 bits per heavy atom. The molecule has 1 N–H and O–H groups in total. The highest BCUT2D eigenvalue weighted by Gasteiger charge is 2.09. The van der Waals surface area contributed by atoms with E-state index in [0.717, 1.165) is 38.4 Å². The lowest BCUT2D eigenvalue weighted by Gasteiger charge is -2.03. The second kappa shape index (κ2) is 7.26. The monoisotopic (exact) mass is 261 g/mol. The second-order valence-corrected chi connectivity index (χ2v) is 4.56. The van der Waals surface area contributed by atoms with Crippen molar-refractivity contribution in [3.8, 4) is 0 Å². The Kier molecular flexibility index (Phi) is 5.36. The third-order valence-electron chi connectivity index (χ3n) is 3.11. The number of hydrogen-bond donors (Lipinski definition) is 1. The van der Waals surface area contributed by atoms with Crippen molar-refractivity contribution in [1.29, 1.82) is 0 Å². The SMILES string of the molecule is CCCNCc1nn(CCOCC)c2ccccc12. The summed E-state index contributed by atoms with van der Waals surface area (Å²) >= 11 is 0. The highest BCUT2D eigenvalue weighted by atomic mass is 16.5. The minimum absolute atomic E-state index is 0.712. The topological polar surface area (TPSA) is 39.1 Å². The lowest BCUT2D eigenvalue weighted by Crippen LogP contribution is -2.15. The molecule has 4 heteroatoms. The Hall–Kier alpha value is -1.39. The Morgan fingerprint density at radius 2 is 2.11 bits per heavy atom. The average Bonchev–Trinajstić information content (AvgIpc) is 2.79. The number of nitrogens with one attached hydrogen (secondary N) is 1. The van der Waals surface area contributed by atoms with Crippen LogP contribution in [0.3, 0.4) is 0 Å². The van der Waals surface area contributed by atoms with Gasteiger partial charge in [-0.15, -0.1) is 0 Å². The van der Waals surface area contributed by atoms with E-state index in [1.807, 2.05) is 11.6 Å². The van der Waals surface area contributed by atoms with Crippen molar-refractivity contribution in [2.24, 2.45) is 0 Å². The molecule has 1 aromatic heterocycles. The molecule has 2 rings (SSSR count). The summed E-state index contributed by atoms with van der Waals surface area (Å²) in [7, 11) is 0. The molecule has 0 bridgehead atoms. The van der Waals surface area contributed by atoms with Gasteiger partial charge in [-0.1, -0.05) is 25.1 Å². The van der Waals surface area contributed by atoms with Gasteiger partial charge in [0, 0.05) is 18.5 Å². The van der Waals surface area contributed by atoms with Crippen LogP contribution in [0.2, 0.25) is 0 Å². The highest BCUT2D eigenvalue weighted by Crippen LogP contribution is 2.18. The summed E-state index contributed by atoms with van der Waals surface area (Å²) in [6.45, 7) is 8.32. The number of para-hydroxylation sites is 1. The number of ether oxygens (including phenoxy) is 1. The molecule has 0 amide bonds. The average molecular weight is 261 g/mol. The predicted octanol–water partition coefficient (Wildman–Crippen LogP) is 2.57. The second-order valence-electron chi connectivity index (χ2n) is 4.56. The summed E-state index contributed by atoms with van der Waals surface area (Å²) < 4.78 is 7.47. The number of fused-ring (bicyclic) bond motifs is 1. The van der Waals surface area contributed by atoms with Crippen molar-refractivity contribution < 1.29 is 4.74 Å². The fraction of sp³-hybridized carbons (Fsp3) is 0.533. The predicted molar refractivity (Wildman–Crippen MR) is 78.2 cm³/mol. The van der Waals surface area contributed by atoms with Gasteiger partial charge in [-0.05, 0) is 26.0 Å². The van der Waals surface area contributed by atoms with E-state index in [1.165, 1.54) is 10.9 Å². The molecule has 0 fully saturated rings. The van der Waals surface area contributed by atoms with E-state index in [-0.39, 0.29) is 0 Å². The number of benzene rings is 1. The van der Waals surface area contributed by atoms with Gasteiger partial charge in [0.25, 0.3) is 0 Å². The molecule has 0 unspecified atom stereocenters. The molecule has 104 valence electrons. The van der Waals surface area contributed by atoms with Gasteiger partial charge >= 0.3 is 0 Å². The van der Waals surface area contributed by atoms with Crippen molar-refractivity contribution >= 4 is 10.9 Å². The molecule has 0 atom stereocenters. The van der Waals surface area contributed by atoms with E-state index in [4.69, 9.17) is 9.84 Å². The Balaban J connectivity index is 2.16. The van der Waals surface area contributed by atoms with Crippen LogP contribution in [-0.2, 0) is 17.8 Å². The molecule has 0 aliphatic rings. The molecule has 2 aromatic rings. The zero-order chi connectivity index (χ0) is 13.5. The molecule has 0 saturated heterocycles. The third kappa shape index (κ3) is 3.55. The molecule has 0 radical (unpaired) electrons. The van der Waals surface area contributed by atoms with Crippen LogP contribution in [-0.4, -0.2) is 29.5 Å². The fourth-order valence-electron chi connectivity index (χ4n) is 2.18. The van der Waals surface area contributed by atoms with E-state index >= 15 is 0 Å². The van der Waals surface area contributed by atoms with Gasteiger partial charge in [0.2, 0.25) is 0 Å². The van der Waals surface area contributed by atoms with Crippen LogP contribution >= 0.6 is 0 Å². The lowest BCUT2D eigenvalue weighted by molar-refractivity contribution is 0.137. The fourth-order valence-corrected chi connectivity index (χ4v) is 2.18. The first-order valence-corrected chi connectivity index (χ1v) is 7.09. The maximum atomic E-state index is 5.42. The minimum Gasteiger partial charge on any atom is -0.380 e. The van der Waals surface area contributed by atoms with Crippen molar-refractivity contribution in [2.45, 2.75) is 33.4 Å². The van der Waals surface area contributed by atoms with E-state index in [2.05, 4.69) is 36.5 Å². The number of aromatic nitrogens is 2. The molecule has 0 saturated carbocycles. The van der Waals surface area contributed by atoms with Crippen LogP contribution < -0.4 is 5.32 Å². The van der Waals surface area contributed by atoms with Crippen LogP contribution in [0.25, 0.3) is 10.9 Å². The zero-order valence-electron chi connectivity index (χ0n) is 11.9. The van der Waals surface area contributed by atoms with E-state index in [0.29, 0.717) is 6.61 Å². The van der Waals surface area contributed by atoms with E-state index in [9.17, 15) is 0 Å². The van der Waals surface area contributed by atoms with Gasteiger partial charge in [-0.25, -0.2) is 0 Å². The van der Waals surface area contributed by atoms with Gasteiger partial charge < -0.3 is 10.1 Å². The first kappa shape index (κ1) is 14.0. The van der Waals surface area contributed by atoms with Crippen LogP contribution in [0.15, 0.2) is 24.3 Å². The Bertz CT molecular complexity index is 463. The molecule has 1 heterocycles. The molecule has 0 spiro atoms.